The number of pyridine rings is 1. The average Bonchev–Trinajstić information content (AvgIpc) is 2.99. The molecular formula is C17H15F5N4. The summed E-state index contributed by atoms with van der Waals surface area (Å²) >= 11 is 0. The van der Waals surface area contributed by atoms with E-state index < -0.39 is 24.2 Å². The van der Waals surface area contributed by atoms with Gasteiger partial charge in [0.25, 0.3) is 0 Å². The number of fused-ring (bicyclic) bond motifs is 1. The van der Waals surface area contributed by atoms with Crippen LogP contribution in [0.25, 0.3) is 11.0 Å². The van der Waals surface area contributed by atoms with Crippen molar-refractivity contribution in [1.29, 1.82) is 0 Å². The van der Waals surface area contributed by atoms with Gasteiger partial charge in [-0.1, -0.05) is 19.1 Å². The summed E-state index contributed by atoms with van der Waals surface area (Å²) in [5.41, 5.74) is -0.0603. The number of halogens is 5. The topological polar surface area (TPSA) is 42.7 Å². The van der Waals surface area contributed by atoms with Crippen molar-refractivity contribution in [3.63, 3.8) is 0 Å². The molecule has 3 aromatic rings. The van der Waals surface area contributed by atoms with Gasteiger partial charge >= 0.3 is 12.7 Å². The predicted octanol–water partition coefficient (Wildman–Crippen LogP) is 5.06. The molecule has 0 saturated carbocycles. The Hall–Kier alpha value is -2.71. The molecule has 1 aromatic carbocycles. The number of anilines is 1. The van der Waals surface area contributed by atoms with Crippen LogP contribution in [0.3, 0.4) is 0 Å². The standard InChI is InChI=1S/C17H15F5N4/c1-10(8-23-14-7-6-11(9-24-14)17(20,21)22)15-25-12-4-2-3-5-13(12)26(15)16(18)19/h2-7,9-10,16H,8H2,1H3,(H,23,24). The number of benzene rings is 1. The van der Waals surface area contributed by atoms with Gasteiger partial charge in [0.1, 0.15) is 11.6 Å². The predicted molar refractivity (Wildman–Crippen MR) is 87.1 cm³/mol. The first kappa shape index (κ1) is 18.1. The zero-order chi connectivity index (χ0) is 18.9. The first-order chi connectivity index (χ1) is 12.3. The number of hydrogen-bond acceptors (Lipinski definition) is 3. The van der Waals surface area contributed by atoms with E-state index in [9.17, 15) is 22.0 Å². The molecule has 2 aromatic heterocycles. The van der Waals surface area contributed by atoms with Crippen LogP contribution in [0.15, 0.2) is 42.6 Å². The molecule has 0 aliphatic carbocycles. The van der Waals surface area contributed by atoms with Crippen LogP contribution < -0.4 is 5.32 Å². The molecule has 2 heterocycles. The third-order valence-electron chi connectivity index (χ3n) is 3.94. The Kier molecular flexibility index (Phi) is 4.80. The molecule has 0 bridgehead atoms. The van der Waals surface area contributed by atoms with E-state index in [1.165, 1.54) is 6.07 Å². The average molecular weight is 370 g/mol. The van der Waals surface area contributed by atoms with Crippen molar-refractivity contribution >= 4 is 16.9 Å². The first-order valence-electron chi connectivity index (χ1n) is 7.79. The number of para-hydroxylation sites is 2. The van der Waals surface area contributed by atoms with Crippen molar-refractivity contribution in [2.75, 3.05) is 11.9 Å². The van der Waals surface area contributed by atoms with Crippen molar-refractivity contribution in [1.82, 2.24) is 14.5 Å². The maximum atomic E-state index is 13.5. The molecular weight excluding hydrogens is 355 g/mol. The van der Waals surface area contributed by atoms with E-state index in [2.05, 4.69) is 15.3 Å². The maximum Gasteiger partial charge on any atom is 0.417 e. The van der Waals surface area contributed by atoms with Crippen molar-refractivity contribution in [2.45, 2.75) is 25.6 Å². The largest absolute Gasteiger partial charge is 0.417 e. The first-order valence-corrected chi connectivity index (χ1v) is 7.79. The van der Waals surface area contributed by atoms with E-state index >= 15 is 0 Å². The molecule has 0 aliphatic rings. The molecule has 138 valence electrons. The molecule has 3 rings (SSSR count). The molecule has 0 spiro atoms. The van der Waals surface area contributed by atoms with Crippen LogP contribution >= 0.6 is 0 Å². The molecule has 0 aliphatic heterocycles. The Morgan fingerprint density at radius 3 is 2.46 bits per heavy atom. The Balaban J connectivity index is 1.77. The fraction of sp³-hybridized carbons (Fsp3) is 0.294. The van der Waals surface area contributed by atoms with Crippen LogP contribution in [0.1, 0.15) is 30.8 Å². The molecule has 0 fully saturated rings. The fourth-order valence-electron chi connectivity index (χ4n) is 2.63. The highest BCUT2D eigenvalue weighted by molar-refractivity contribution is 5.76. The second-order valence-electron chi connectivity index (χ2n) is 5.82. The molecule has 1 N–H and O–H groups in total. The highest BCUT2D eigenvalue weighted by Gasteiger charge is 2.30. The van der Waals surface area contributed by atoms with Crippen LogP contribution in [0.2, 0.25) is 0 Å². The van der Waals surface area contributed by atoms with Crippen molar-refractivity contribution in [3.05, 3.63) is 54.0 Å². The summed E-state index contributed by atoms with van der Waals surface area (Å²) in [4.78, 5) is 7.97. The number of aromatic nitrogens is 3. The van der Waals surface area contributed by atoms with E-state index in [1.54, 1.807) is 31.2 Å². The monoisotopic (exact) mass is 370 g/mol. The van der Waals surface area contributed by atoms with Gasteiger partial charge < -0.3 is 5.32 Å². The number of nitrogens with one attached hydrogen (secondary N) is 1. The number of hydrogen-bond donors (Lipinski definition) is 1. The van der Waals surface area contributed by atoms with Gasteiger partial charge in [-0.05, 0) is 24.3 Å². The Bertz CT molecular complexity index is 886. The molecule has 0 radical (unpaired) electrons. The fourth-order valence-corrected chi connectivity index (χ4v) is 2.63. The van der Waals surface area contributed by atoms with Gasteiger partial charge in [0.15, 0.2) is 0 Å². The molecule has 0 saturated heterocycles. The molecule has 4 nitrogen and oxygen atoms in total. The zero-order valence-corrected chi connectivity index (χ0v) is 13.6. The lowest BCUT2D eigenvalue weighted by molar-refractivity contribution is -0.137. The Morgan fingerprint density at radius 1 is 1.12 bits per heavy atom. The molecule has 1 atom stereocenters. The van der Waals surface area contributed by atoms with E-state index in [0.717, 1.165) is 16.8 Å². The number of rotatable bonds is 5. The third-order valence-corrected chi connectivity index (χ3v) is 3.94. The summed E-state index contributed by atoms with van der Waals surface area (Å²) in [6.45, 7) is -0.852. The Labute approximate surface area is 145 Å². The second-order valence-corrected chi connectivity index (χ2v) is 5.82. The summed E-state index contributed by atoms with van der Waals surface area (Å²) in [5, 5.41) is 2.86. The normalized spacial score (nSPS) is 13.3. The Morgan fingerprint density at radius 2 is 1.85 bits per heavy atom. The van der Waals surface area contributed by atoms with Crippen LogP contribution in [-0.4, -0.2) is 21.1 Å². The molecule has 26 heavy (non-hydrogen) atoms. The summed E-state index contributed by atoms with van der Waals surface area (Å²) in [7, 11) is 0. The van der Waals surface area contributed by atoms with Gasteiger partial charge in [-0.2, -0.15) is 22.0 Å². The highest BCUT2D eigenvalue weighted by atomic mass is 19.4. The van der Waals surface area contributed by atoms with Gasteiger partial charge in [-0.3, -0.25) is 4.57 Å². The van der Waals surface area contributed by atoms with Gasteiger partial charge in [0.05, 0.1) is 16.6 Å². The van der Waals surface area contributed by atoms with E-state index in [4.69, 9.17) is 0 Å². The minimum absolute atomic E-state index is 0.189. The lowest BCUT2D eigenvalue weighted by Gasteiger charge is -2.15. The van der Waals surface area contributed by atoms with E-state index in [-0.39, 0.29) is 18.2 Å². The maximum absolute atomic E-state index is 13.5. The van der Waals surface area contributed by atoms with Crippen molar-refractivity contribution in [3.8, 4) is 0 Å². The molecule has 1 unspecified atom stereocenters. The van der Waals surface area contributed by atoms with Crippen LogP contribution in [0, 0.1) is 0 Å². The van der Waals surface area contributed by atoms with Crippen LogP contribution in [0.4, 0.5) is 27.8 Å². The summed E-state index contributed by atoms with van der Waals surface area (Å²) < 4.78 is 65.4. The SMILES string of the molecule is CC(CNc1ccc(C(F)(F)F)cn1)c1nc2ccccc2n1C(F)F. The van der Waals surface area contributed by atoms with Gasteiger partial charge in [0.2, 0.25) is 0 Å². The number of imidazole rings is 1. The molecule has 9 heteroatoms. The van der Waals surface area contributed by atoms with Gasteiger partial charge in [0, 0.05) is 18.7 Å². The highest BCUT2D eigenvalue weighted by Crippen LogP contribution is 2.30. The lowest BCUT2D eigenvalue weighted by atomic mass is 10.1. The number of nitrogens with zero attached hydrogens (tertiary/aromatic N) is 3. The quantitative estimate of drug-likeness (QED) is 0.639. The number of alkyl halides is 5. The van der Waals surface area contributed by atoms with E-state index in [1.807, 2.05) is 0 Å². The second kappa shape index (κ2) is 6.89. The summed E-state index contributed by atoms with van der Waals surface area (Å²) in [6.07, 6.45) is -3.73. The van der Waals surface area contributed by atoms with Crippen molar-refractivity contribution in [2.24, 2.45) is 0 Å². The minimum Gasteiger partial charge on any atom is -0.369 e. The van der Waals surface area contributed by atoms with Gasteiger partial charge in [-0.25, -0.2) is 9.97 Å². The van der Waals surface area contributed by atoms with Crippen LogP contribution in [0.5, 0.6) is 0 Å². The third kappa shape index (κ3) is 3.61. The summed E-state index contributed by atoms with van der Waals surface area (Å²) in [5.74, 6) is 0.00524. The smallest absolute Gasteiger partial charge is 0.369 e. The minimum atomic E-state index is -4.46. The zero-order valence-electron chi connectivity index (χ0n) is 13.6. The summed E-state index contributed by atoms with van der Waals surface area (Å²) in [6, 6.07) is 8.69. The van der Waals surface area contributed by atoms with Crippen molar-refractivity contribution < 1.29 is 22.0 Å². The van der Waals surface area contributed by atoms with Gasteiger partial charge in [-0.15, -0.1) is 0 Å². The lowest BCUT2D eigenvalue weighted by Crippen LogP contribution is -2.16. The molecule has 0 amide bonds. The van der Waals surface area contributed by atoms with Crippen LogP contribution in [-0.2, 0) is 6.18 Å². The van der Waals surface area contributed by atoms with E-state index in [0.29, 0.717) is 11.0 Å².